The lowest BCUT2D eigenvalue weighted by Gasteiger charge is -2.33. The van der Waals surface area contributed by atoms with Crippen LogP contribution in [-0.2, 0) is 6.42 Å². The van der Waals surface area contributed by atoms with E-state index in [-0.39, 0.29) is 0 Å². The normalized spacial score (nSPS) is 21.4. The topological polar surface area (TPSA) is 21.3 Å². The Labute approximate surface area is 114 Å². The molecule has 0 bridgehead atoms. The van der Waals surface area contributed by atoms with E-state index in [9.17, 15) is 0 Å². The largest absolute Gasteiger partial charge is 0.497 e. The summed E-state index contributed by atoms with van der Waals surface area (Å²) < 4.78 is 5.22. The fraction of sp³-hybridized carbons (Fsp3) is 0.294. The maximum Gasteiger partial charge on any atom is 0.118 e. The third-order valence-corrected chi connectivity index (χ3v) is 3.91. The van der Waals surface area contributed by atoms with Gasteiger partial charge >= 0.3 is 0 Å². The summed E-state index contributed by atoms with van der Waals surface area (Å²) in [6.45, 7) is 2.30. The highest BCUT2D eigenvalue weighted by molar-refractivity contribution is 5.55. The van der Waals surface area contributed by atoms with Crippen LogP contribution in [0.4, 0.5) is 5.69 Å². The van der Waals surface area contributed by atoms with Crippen LogP contribution in [-0.4, -0.2) is 7.11 Å². The van der Waals surface area contributed by atoms with Gasteiger partial charge in [-0.1, -0.05) is 37.3 Å². The molecule has 1 heterocycles. The average Bonchev–Trinajstić information content (AvgIpc) is 2.47. The van der Waals surface area contributed by atoms with Crippen LogP contribution in [0.3, 0.4) is 0 Å². The molecular formula is C17H19NO. The van der Waals surface area contributed by atoms with E-state index >= 15 is 0 Å². The molecule has 0 saturated carbocycles. The van der Waals surface area contributed by atoms with Crippen molar-refractivity contribution in [1.29, 1.82) is 0 Å². The summed E-state index contributed by atoms with van der Waals surface area (Å²) in [5.74, 6) is 1.50. The van der Waals surface area contributed by atoms with Crippen LogP contribution in [0.1, 0.15) is 24.1 Å². The lowest BCUT2D eigenvalue weighted by atomic mass is 9.85. The number of anilines is 1. The number of rotatable bonds is 2. The summed E-state index contributed by atoms with van der Waals surface area (Å²) >= 11 is 0. The average molecular weight is 253 g/mol. The van der Waals surface area contributed by atoms with Crippen LogP contribution in [0.15, 0.2) is 48.5 Å². The second-order valence-electron chi connectivity index (χ2n) is 5.23. The highest BCUT2D eigenvalue weighted by Crippen LogP contribution is 2.36. The summed E-state index contributed by atoms with van der Waals surface area (Å²) in [5, 5.41) is 3.66. The van der Waals surface area contributed by atoms with Gasteiger partial charge < -0.3 is 10.1 Å². The maximum atomic E-state index is 5.22. The number of benzene rings is 2. The van der Waals surface area contributed by atoms with Crippen LogP contribution < -0.4 is 10.1 Å². The first-order valence-corrected chi connectivity index (χ1v) is 6.76. The molecule has 19 heavy (non-hydrogen) atoms. The van der Waals surface area contributed by atoms with Gasteiger partial charge in [-0.25, -0.2) is 0 Å². The smallest absolute Gasteiger partial charge is 0.118 e. The monoisotopic (exact) mass is 253 g/mol. The Morgan fingerprint density at radius 2 is 1.79 bits per heavy atom. The van der Waals surface area contributed by atoms with E-state index in [1.54, 1.807) is 7.11 Å². The third-order valence-electron chi connectivity index (χ3n) is 3.91. The zero-order chi connectivity index (χ0) is 13.2. The molecular weight excluding hydrogens is 234 g/mol. The molecule has 0 radical (unpaired) electrons. The van der Waals surface area contributed by atoms with Gasteiger partial charge in [0.2, 0.25) is 0 Å². The molecule has 2 nitrogen and oxygen atoms in total. The molecule has 0 saturated heterocycles. The van der Waals surface area contributed by atoms with Crippen molar-refractivity contribution in [2.24, 2.45) is 5.92 Å². The summed E-state index contributed by atoms with van der Waals surface area (Å²) in [6.07, 6.45) is 1.12. The Kier molecular flexibility index (Phi) is 3.16. The third kappa shape index (κ3) is 2.30. The minimum atomic E-state index is 0.376. The molecule has 98 valence electrons. The van der Waals surface area contributed by atoms with E-state index in [2.05, 4.69) is 48.6 Å². The summed E-state index contributed by atoms with van der Waals surface area (Å²) in [6, 6.07) is 17.3. The van der Waals surface area contributed by atoms with Gasteiger partial charge in [0.05, 0.1) is 13.2 Å². The van der Waals surface area contributed by atoms with Crippen LogP contribution in [0.5, 0.6) is 5.75 Å². The fourth-order valence-electron chi connectivity index (χ4n) is 2.84. The predicted molar refractivity (Wildman–Crippen MR) is 78.7 cm³/mol. The van der Waals surface area contributed by atoms with E-state index in [0.717, 1.165) is 12.2 Å². The quantitative estimate of drug-likeness (QED) is 0.872. The zero-order valence-corrected chi connectivity index (χ0v) is 11.4. The molecule has 2 aromatic carbocycles. The highest BCUT2D eigenvalue weighted by Gasteiger charge is 2.25. The molecule has 3 rings (SSSR count). The van der Waals surface area contributed by atoms with E-state index in [1.807, 2.05) is 12.1 Å². The first-order chi connectivity index (χ1) is 9.28. The standard InChI is InChI=1S/C17H19NO/c1-12-11-14-5-3-4-6-16(14)18-17(12)13-7-9-15(19-2)10-8-13/h3-10,12,17-18H,11H2,1-2H3. The summed E-state index contributed by atoms with van der Waals surface area (Å²) in [4.78, 5) is 0. The van der Waals surface area contributed by atoms with Crippen LogP contribution in [0.2, 0.25) is 0 Å². The van der Waals surface area contributed by atoms with Crippen molar-refractivity contribution in [2.45, 2.75) is 19.4 Å². The maximum absolute atomic E-state index is 5.22. The van der Waals surface area contributed by atoms with Crippen molar-refractivity contribution in [1.82, 2.24) is 0 Å². The van der Waals surface area contributed by atoms with Gasteiger partial charge in [-0.05, 0) is 41.7 Å². The molecule has 1 aliphatic rings. The number of para-hydroxylation sites is 1. The lowest BCUT2D eigenvalue weighted by Crippen LogP contribution is -2.25. The number of hydrogen-bond donors (Lipinski definition) is 1. The second kappa shape index (κ2) is 4.96. The van der Waals surface area contributed by atoms with Gasteiger partial charge in [0.25, 0.3) is 0 Å². The minimum absolute atomic E-state index is 0.376. The van der Waals surface area contributed by atoms with E-state index in [0.29, 0.717) is 12.0 Å². The van der Waals surface area contributed by atoms with Crippen molar-refractivity contribution >= 4 is 5.69 Å². The lowest BCUT2D eigenvalue weighted by molar-refractivity contribution is 0.414. The van der Waals surface area contributed by atoms with Crippen LogP contribution in [0, 0.1) is 5.92 Å². The van der Waals surface area contributed by atoms with E-state index in [4.69, 9.17) is 4.74 Å². The second-order valence-corrected chi connectivity index (χ2v) is 5.23. The molecule has 2 heteroatoms. The minimum Gasteiger partial charge on any atom is -0.497 e. The molecule has 0 spiro atoms. The highest BCUT2D eigenvalue weighted by atomic mass is 16.5. The zero-order valence-electron chi connectivity index (χ0n) is 11.4. The number of methoxy groups -OCH3 is 1. The Morgan fingerprint density at radius 1 is 1.05 bits per heavy atom. The van der Waals surface area contributed by atoms with Crippen molar-refractivity contribution in [2.75, 3.05) is 12.4 Å². The molecule has 0 fully saturated rings. The van der Waals surface area contributed by atoms with Gasteiger partial charge in [-0.3, -0.25) is 0 Å². The molecule has 0 aliphatic carbocycles. The Balaban J connectivity index is 1.89. The molecule has 0 amide bonds. The molecule has 2 unspecified atom stereocenters. The fourth-order valence-corrected chi connectivity index (χ4v) is 2.84. The number of fused-ring (bicyclic) bond motifs is 1. The van der Waals surface area contributed by atoms with Gasteiger partial charge in [0, 0.05) is 5.69 Å². The van der Waals surface area contributed by atoms with Crippen molar-refractivity contribution < 1.29 is 4.74 Å². The first-order valence-electron chi connectivity index (χ1n) is 6.76. The summed E-state index contributed by atoms with van der Waals surface area (Å²) in [5.41, 5.74) is 4.00. The van der Waals surface area contributed by atoms with Gasteiger partial charge in [-0.2, -0.15) is 0 Å². The van der Waals surface area contributed by atoms with Crippen molar-refractivity contribution in [3.8, 4) is 5.75 Å². The Morgan fingerprint density at radius 3 is 2.53 bits per heavy atom. The van der Waals surface area contributed by atoms with Crippen molar-refractivity contribution in [3.05, 3.63) is 59.7 Å². The van der Waals surface area contributed by atoms with E-state index in [1.165, 1.54) is 16.8 Å². The van der Waals surface area contributed by atoms with E-state index < -0.39 is 0 Å². The predicted octanol–water partition coefficient (Wildman–Crippen LogP) is 4.04. The number of ether oxygens (including phenoxy) is 1. The van der Waals surface area contributed by atoms with Crippen molar-refractivity contribution in [3.63, 3.8) is 0 Å². The molecule has 0 aromatic heterocycles. The molecule has 2 aromatic rings. The first kappa shape index (κ1) is 12.1. The number of nitrogens with one attached hydrogen (secondary N) is 1. The SMILES string of the molecule is COc1ccc(C2Nc3ccccc3CC2C)cc1. The molecule has 1 N–H and O–H groups in total. The van der Waals surface area contributed by atoms with Gasteiger partial charge in [-0.15, -0.1) is 0 Å². The summed E-state index contributed by atoms with van der Waals surface area (Å²) in [7, 11) is 1.70. The number of hydrogen-bond acceptors (Lipinski definition) is 2. The van der Waals surface area contributed by atoms with Gasteiger partial charge in [0.1, 0.15) is 5.75 Å². The van der Waals surface area contributed by atoms with Gasteiger partial charge in [0.15, 0.2) is 0 Å². The Hall–Kier alpha value is -1.96. The molecule has 1 aliphatic heterocycles. The Bertz CT molecular complexity index is 562. The van der Waals surface area contributed by atoms with Crippen LogP contribution >= 0.6 is 0 Å². The molecule has 2 atom stereocenters. The van der Waals surface area contributed by atoms with Crippen LogP contribution in [0.25, 0.3) is 0 Å².